The molecule has 0 aliphatic carbocycles. The van der Waals surface area contributed by atoms with Crippen molar-refractivity contribution in [1.82, 2.24) is 14.6 Å². The van der Waals surface area contributed by atoms with Crippen LogP contribution in [0.3, 0.4) is 0 Å². The summed E-state index contributed by atoms with van der Waals surface area (Å²) >= 11 is 0. The van der Waals surface area contributed by atoms with Crippen molar-refractivity contribution in [3.05, 3.63) is 76.1 Å². The van der Waals surface area contributed by atoms with Gasteiger partial charge in [-0.15, -0.1) is 0 Å². The number of halogens is 1. The molecule has 0 atom stereocenters. The Bertz CT molecular complexity index is 1160. The average molecular weight is 320 g/mol. The number of fused-ring (bicyclic) bond motifs is 3. The molecule has 24 heavy (non-hydrogen) atoms. The molecule has 0 unspecified atom stereocenters. The van der Waals surface area contributed by atoms with E-state index in [-0.39, 0.29) is 5.56 Å². The van der Waals surface area contributed by atoms with Crippen LogP contribution in [-0.2, 0) is 0 Å². The number of hydrogen-bond acceptors (Lipinski definition) is 3. The van der Waals surface area contributed by atoms with E-state index in [1.54, 1.807) is 18.2 Å². The number of aryl methyl sites for hydroxylation is 1. The summed E-state index contributed by atoms with van der Waals surface area (Å²) in [6, 6.07) is 12.1. The van der Waals surface area contributed by atoms with Gasteiger partial charge in [0.15, 0.2) is 0 Å². The molecular weight excluding hydrogens is 307 g/mol. The maximum absolute atomic E-state index is 13.6. The van der Waals surface area contributed by atoms with Crippen molar-refractivity contribution >= 4 is 28.2 Å². The van der Waals surface area contributed by atoms with Gasteiger partial charge in [-0.1, -0.05) is 29.8 Å². The van der Waals surface area contributed by atoms with Gasteiger partial charge in [0.2, 0.25) is 0 Å². The summed E-state index contributed by atoms with van der Waals surface area (Å²) in [7, 11) is 0. The summed E-state index contributed by atoms with van der Waals surface area (Å²) in [6.07, 6.45) is 2.65. The van der Waals surface area contributed by atoms with Crippen LogP contribution < -0.4 is 5.56 Å². The van der Waals surface area contributed by atoms with Crippen molar-refractivity contribution in [2.45, 2.75) is 6.92 Å². The highest BCUT2D eigenvalue weighted by Crippen LogP contribution is 2.22. The Morgan fingerprint density at radius 2 is 2.08 bits per heavy atom. The molecule has 2 aromatic heterocycles. The number of nitrogens with one attached hydrogen (secondary N) is 1. The molecule has 0 bridgehead atoms. The van der Waals surface area contributed by atoms with Crippen molar-refractivity contribution < 1.29 is 4.39 Å². The highest BCUT2D eigenvalue weighted by molar-refractivity contribution is 6.04. The SMILES string of the molecule is Cc1ccc2[nH]c3c(=O)n(/N=C/c4ccccc4F)cnc3c2c1. The van der Waals surface area contributed by atoms with Crippen molar-refractivity contribution in [1.29, 1.82) is 0 Å². The standard InChI is InChI=1S/C18H13FN4O/c1-11-6-7-15-13(8-11)16-17(22-15)18(24)23(10-20-16)21-9-12-4-2-3-5-14(12)19/h2-10,22H,1H3/b21-9+. The van der Waals surface area contributed by atoms with E-state index in [0.717, 1.165) is 21.1 Å². The largest absolute Gasteiger partial charge is 0.349 e. The first kappa shape index (κ1) is 14.3. The Kier molecular flexibility index (Phi) is 3.23. The molecule has 2 heterocycles. The van der Waals surface area contributed by atoms with Crippen LogP contribution in [0.25, 0.3) is 21.9 Å². The van der Waals surface area contributed by atoms with Crippen molar-refractivity contribution in [2.75, 3.05) is 0 Å². The zero-order valence-corrected chi connectivity index (χ0v) is 12.8. The van der Waals surface area contributed by atoms with Gasteiger partial charge >= 0.3 is 0 Å². The topological polar surface area (TPSA) is 63.0 Å². The van der Waals surface area contributed by atoms with Crippen LogP contribution in [0.15, 0.2) is 58.7 Å². The number of hydrogen-bond donors (Lipinski definition) is 1. The third kappa shape index (κ3) is 2.28. The van der Waals surface area contributed by atoms with Crippen molar-refractivity contribution in [3.8, 4) is 0 Å². The van der Waals surface area contributed by atoms with Gasteiger partial charge in [0.25, 0.3) is 5.56 Å². The quantitative estimate of drug-likeness (QED) is 0.576. The molecule has 5 nitrogen and oxygen atoms in total. The number of aromatic nitrogens is 3. The van der Waals surface area contributed by atoms with Crippen LogP contribution in [0.1, 0.15) is 11.1 Å². The van der Waals surface area contributed by atoms with Crippen LogP contribution in [0.4, 0.5) is 4.39 Å². The highest BCUT2D eigenvalue weighted by atomic mass is 19.1. The van der Waals surface area contributed by atoms with E-state index in [2.05, 4.69) is 15.1 Å². The van der Waals surface area contributed by atoms with Crippen LogP contribution in [0.5, 0.6) is 0 Å². The third-order valence-corrected chi connectivity index (χ3v) is 3.87. The Hall–Kier alpha value is -3.28. The summed E-state index contributed by atoms with van der Waals surface area (Å²) in [4.78, 5) is 20.0. The fourth-order valence-corrected chi connectivity index (χ4v) is 2.65. The van der Waals surface area contributed by atoms with Gasteiger partial charge in [0, 0.05) is 16.5 Å². The lowest BCUT2D eigenvalue weighted by Crippen LogP contribution is -2.17. The smallest absolute Gasteiger partial charge is 0.298 e. The molecule has 6 heteroatoms. The predicted octanol–water partition coefficient (Wildman–Crippen LogP) is 3.21. The molecule has 0 fully saturated rings. The minimum Gasteiger partial charge on any atom is -0.349 e. The molecule has 0 spiro atoms. The monoisotopic (exact) mass is 320 g/mol. The summed E-state index contributed by atoms with van der Waals surface area (Å²) < 4.78 is 14.7. The second-order valence-corrected chi connectivity index (χ2v) is 5.56. The average Bonchev–Trinajstić information content (AvgIpc) is 2.94. The molecule has 2 aromatic carbocycles. The molecule has 4 aromatic rings. The van der Waals surface area contributed by atoms with E-state index >= 15 is 0 Å². The van der Waals surface area contributed by atoms with Crippen LogP contribution in [-0.4, -0.2) is 20.9 Å². The van der Waals surface area contributed by atoms with E-state index in [4.69, 9.17) is 0 Å². The molecule has 0 aliphatic heterocycles. The lowest BCUT2D eigenvalue weighted by atomic mass is 10.2. The lowest BCUT2D eigenvalue weighted by Gasteiger charge is -1.98. The van der Waals surface area contributed by atoms with Crippen LogP contribution in [0.2, 0.25) is 0 Å². The highest BCUT2D eigenvalue weighted by Gasteiger charge is 2.10. The van der Waals surface area contributed by atoms with Gasteiger partial charge in [-0.3, -0.25) is 4.79 Å². The predicted molar refractivity (Wildman–Crippen MR) is 92.0 cm³/mol. The fourth-order valence-electron chi connectivity index (χ4n) is 2.65. The van der Waals surface area contributed by atoms with E-state index < -0.39 is 5.82 Å². The Balaban J connectivity index is 1.86. The number of H-pyrrole nitrogens is 1. The summed E-state index contributed by atoms with van der Waals surface area (Å²) in [6.45, 7) is 1.98. The van der Waals surface area contributed by atoms with Gasteiger partial charge in [0.05, 0.1) is 6.21 Å². The second kappa shape index (κ2) is 5.42. The third-order valence-electron chi connectivity index (χ3n) is 3.87. The first-order valence-electron chi connectivity index (χ1n) is 7.42. The Labute approximate surface area is 136 Å². The molecule has 0 saturated heterocycles. The van der Waals surface area contributed by atoms with Crippen LogP contribution in [0, 0.1) is 12.7 Å². The zero-order valence-electron chi connectivity index (χ0n) is 12.8. The van der Waals surface area contributed by atoms with Gasteiger partial charge in [0.1, 0.15) is 23.2 Å². The number of aromatic amines is 1. The molecular formula is C18H13FN4O. The molecule has 4 rings (SSSR count). The minimum absolute atomic E-state index is 0.303. The zero-order chi connectivity index (χ0) is 16.7. The van der Waals surface area contributed by atoms with Crippen molar-refractivity contribution in [3.63, 3.8) is 0 Å². The van der Waals surface area contributed by atoms with E-state index in [0.29, 0.717) is 16.6 Å². The number of rotatable bonds is 2. The fraction of sp³-hybridized carbons (Fsp3) is 0.0556. The van der Waals surface area contributed by atoms with Crippen molar-refractivity contribution in [2.24, 2.45) is 5.10 Å². The number of benzene rings is 2. The van der Waals surface area contributed by atoms with Gasteiger partial charge < -0.3 is 4.98 Å². The van der Waals surface area contributed by atoms with Crippen LogP contribution >= 0.6 is 0 Å². The summed E-state index contributed by atoms with van der Waals surface area (Å²) in [5, 5.41) is 4.93. The Morgan fingerprint density at radius 3 is 2.92 bits per heavy atom. The van der Waals surface area contributed by atoms with Gasteiger partial charge in [-0.25, -0.2) is 9.37 Å². The maximum Gasteiger partial charge on any atom is 0.298 e. The molecule has 0 saturated carbocycles. The normalized spacial score (nSPS) is 11.8. The van der Waals surface area contributed by atoms with Gasteiger partial charge in [-0.05, 0) is 25.1 Å². The molecule has 0 aliphatic rings. The first-order chi connectivity index (χ1) is 11.6. The maximum atomic E-state index is 13.6. The second-order valence-electron chi connectivity index (χ2n) is 5.56. The molecule has 0 radical (unpaired) electrons. The molecule has 0 amide bonds. The minimum atomic E-state index is -0.399. The van der Waals surface area contributed by atoms with E-state index in [1.165, 1.54) is 18.6 Å². The summed E-state index contributed by atoms with van der Waals surface area (Å²) in [5.74, 6) is -0.399. The van der Waals surface area contributed by atoms with Gasteiger partial charge in [-0.2, -0.15) is 9.78 Å². The molecule has 118 valence electrons. The molecule has 1 N–H and O–H groups in total. The Morgan fingerprint density at radius 1 is 1.25 bits per heavy atom. The van der Waals surface area contributed by atoms with E-state index in [9.17, 15) is 9.18 Å². The first-order valence-corrected chi connectivity index (χ1v) is 7.42. The van der Waals surface area contributed by atoms with E-state index in [1.807, 2.05) is 25.1 Å². The number of nitrogens with zero attached hydrogens (tertiary/aromatic N) is 3. The summed E-state index contributed by atoms with van der Waals surface area (Å²) in [5.41, 5.74) is 2.89. The lowest BCUT2D eigenvalue weighted by molar-refractivity contribution is 0.625.